The molecule has 0 N–H and O–H groups in total. The lowest BCUT2D eigenvalue weighted by atomic mass is 9.85. The molecule has 0 amide bonds. The number of unbranched alkanes of at least 4 members (excludes halogenated alkanes) is 6. The van der Waals surface area contributed by atoms with Crippen LogP contribution in [0.3, 0.4) is 0 Å². The number of ether oxygens (including phenoxy) is 2. The standard InChI is InChI=1S/C26H48O6S/c1-3-4-8-16-23(32-26-18-10-12-19-30-26)21-25(27)24-17-13-15-22(24)14-9-6-5-7-11-20-31-33(2,28)29/h22-24,26H,3-21H2,1-2H3/t22-,23-,24-,26?/m0/s1. The van der Waals surface area contributed by atoms with Gasteiger partial charge in [0.15, 0.2) is 6.29 Å². The zero-order valence-corrected chi connectivity index (χ0v) is 21.9. The first kappa shape index (κ1) is 28.7. The Morgan fingerprint density at radius 3 is 2.48 bits per heavy atom. The summed E-state index contributed by atoms with van der Waals surface area (Å²) < 4.78 is 38.8. The minimum atomic E-state index is -3.32. The number of carbonyl (C=O) groups is 1. The van der Waals surface area contributed by atoms with Gasteiger partial charge in [0.05, 0.1) is 19.0 Å². The van der Waals surface area contributed by atoms with Crippen LogP contribution >= 0.6 is 0 Å². The highest BCUT2D eigenvalue weighted by Crippen LogP contribution is 2.37. The Labute approximate surface area is 202 Å². The van der Waals surface area contributed by atoms with Gasteiger partial charge in [0.2, 0.25) is 0 Å². The fourth-order valence-electron chi connectivity index (χ4n) is 5.30. The fraction of sp³-hybridized carbons (Fsp3) is 0.962. The summed E-state index contributed by atoms with van der Waals surface area (Å²) in [5.74, 6) is 1.14. The van der Waals surface area contributed by atoms with E-state index in [0.717, 1.165) is 96.3 Å². The van der Waals surface area contributed by atoms with Crippen LogP contribution in [0.15, 0.2) is 0 Å². The quantitative estimate of drug-likeness (QED) is 0.170. The third-order valence-electron chi connectivity index (χ3n) is 7.13. The molecular weight excluding hydrogens is 440 g/mol. The summed E-state index contributed by atoms with van der Waals surface area (Å²) >= 11 is 0. The topological polar surface area (TPSA) is 78.9 Å². The first-order chi connectivity index (χ1) is 15.9. The molecule has 1 saturated heterocycles. The van der Waals surface area contributed by atoms with Gasteiger partial charge < -0.3 is 9.47 Å². The van der Waals surface area contributed by atoms with Gasteiger partial charge in [0.1, 0.15) is 5.78 Å². The van der Waals surface area contributed by atoms with E-state index in [1.54, 1.807) is 0 Å². The average molecular weight is 489 g/mol. The SMILES string of the molecule is CCCCC[C@@H](CC(=O)[C@H]1CCC[C@@H]1CCCCCCCOS(C)(=O)=O)OC1CCCCO1. The van der Waals surface area contributed by atoms with Crippen molar-refractivity contribution in [1.29, 1.82) is 0 Å². The molecule has 1 heterocycles. The first-order valence-electron chi connectivity index (χ1n) is 13.5. The Hall–Kier alpha value is -0.500. The molecule has 7 heteroatoms. The second-order valence-corrected chi connectivity index (χ2v) is 11.7. The lowest BCUT2D eigenvalue weighted by molar-refractivity contribution is -0.191. The highest BCUT2D eigenvalue weighted by molar-refractivity contribution is 7.85. The number of carbonyl (C=O) groups excluding carboxylic acids is 1. The highest BCUT2D eigenvalue weighted by atomic mass is 32.2. The molecule has 0 radical (unpaired) electrons. The maximum Gasteiger partial charge on any atom is 0.264 e. The van der Waals surface area contributed by atoms with Crippen molar-refractivity contribution >= 4 is 15.9 Å². The van der Waals surface area contributed by atoms with Crippen LogP contribution in [0.4, 0.5) is 0 Å². The predicted molar refractivity (Wildman–Crippen MR) is 132 cm³/mol. The van der Waals surface area contributed by atoms with Crippen molar-refractivity contribution in [2.75, 3.05) is 19.5 Å². The highest BCUT2D eigenvalue weighted by Gasteiger charge is 2.34. The van der Waals surface area contributed by atoms with Crippen LogP contribution < -0.4 is 0 Å². The summed E-state index contributed by atoms with van der Waals surface area (Å²) in [4.78, 5) is 13.2. The van der Waals surface area contributed by atoms with E-state index < -0.39 is 10.1 Å². The van der Waals surface area contributed by atoms with E-state index in [4.69, 9.17) is 13.7 Å². The van der Waals surface area contributed by atoms with E-state index in [1.165, 1.54) is 19.3 Å². The van der Waals surface area contributed by atoms with Crippen molar-refractivity contribution < 1.29 is 26.9 Å². The van der Waals surface area contributed by atoms with E-state index in [0.29, 0.717) is 18.1 Å². The van der Waals surface area contributed by atoms with E-state index in [9.17, 15) is 13.2 Å². The molecule has 0 aromatic rings. The summed E-state index contributed by atoms with van der Waals surface area (Å²) in [6, 6.07) is 0. The molecule has 0 bridgehead atoms. The third kappa shape index (κ3) is 12.7. The molecule has 1 unspecified atom stereocenters. The van der Waals surface area contributed by atoms with E-state index in [2.05, 4.69) is 6.92 Å². The maximum absolute atomic E-state index is 13.2. The summed E-state index contributed by atoms with van der Waals surface area (Å²) in [6.45, 7) is 3.26. The molecule has 2 fully saturated rings. The second kappa shape index (κ2) is 16.2. The van der Waals surface area contributed by atoms with Gasteiger partial charge in [-0.25, -0.2) is 0 Å². The van der Waals surface area contributed by atoms with Gasteiger partial charge in [-0.3, -0.25) is 8.98 Å². The van der Waals surface area contributed by atoms with Crippen molar-refractivity contribution in [3.8, 4) is 0 Å². The molecular formula is C26H48O6S. The number of hydrogen-bond acceptors (Lipinski definition) is 6. The van der Waals surface area contributed by atoms with E-state index in [1.807, 2.05) is 0 Å². The van der Waals surface area contributed by atoms with Crippen LogP contribution in [0.2, 0.25) is 0 Å². The van der Waals surface area contributed by atoms with Crippen LogP contribution in [0.1, 0.15) is 116 Å². The average Bonchev–Trinajstić information content (AvgIpc) is 3.24. The summed E-state index contributed by atoms with van der Waals surface area (Å²) in [5, 5.41) is 0. The minimum absolute atomic E-state index is 0.00236. The summed E-state index contributed by atoms with van der Waals surface area (Å²) in [5.41, 5.74) is 0. The Bertz CT molecular complexity index is 629. The smallest absolute Gasteiger partial charge is 0.264 e. The number of ketones is 1. The zero-order chi connectivity index (χ0) is 23.9. The predicted octanol–water partition coefficient (Wildman–Crippen LogP) is 6.17. The van der Waals surface area contributed by atoms with Gasteiger partial charge in [-0.2, -0.15) is 8.42 Å². The first-order valence-corrected chi connectivity index (χ1v) is 15.3. The molecule has 6 nitrogen and oxygen atoms in total. The van der Waals surface area contributed by atoms with Crippen LogP contribution in [-0.4, -0.2) is 46.1 Å². The lowest BCUT2D eigenvalue weighted by Gasteiger charge is -2.29. The maximum atomic E-state index is 13.2. The van der Waals surface area contributed by atoms with Gasteiger partial charge in [-0.05, 0) is 57.3 Å². The monoisotopic (exact) mass is 488 g/mol. The second-order valence-electron chi connectivity index (χ2n) is 10.1. The van der Waals surface area contributed by atoms with Gasteiger partial charge in [0, 0.05) is 18.9 Å². The largest absolute Gasteiger partial charge is 0.353 e. The fourth-order valence-corrected chi connectivity index (χ4v) is 5.73. The molecule has 0 aromatic heterocycles. The van der Waals surface area contributed by atoms with Crippen molar-refractivity contribution in [2.24, 2.45) is 11.8 Å². The van der Waals surface area contributed by atoms with Gasteiger partial charge in [0.25, 0.3) is 10.1 Å². The molecule has 33 heavy (non-hydrogen) atoms. The molecule has 2 rings (SSSR count). The van der Waals surface area contributed by atoms with Gasteiger partial charge >= 0.3 is 0 Å². The molecule has 1 aliphatic carbocycles. The molecule has 0 aromatic carbocycles. The Morgan fingerprint density at radius 1 is 0.970 bits per heavy atom. The molecule has 1 aliphatic heterocycles. The molecule has 194 valence electrons. The third-order valence-corrected chi connectivity index (χ3v) is 7.72. The van der Waals surface area contributed by atoms with Crippen molar-refractivity contribution in [3.63, 3.8) is 0 Å². The van der Waals surface area contributed by atoms with E-state index in [-0.39, 0.29) is 24.9 Å². The molecule has 1 saturated carbocycles. The number of hydrogen-bond donors (Lipinski definition) is 0. The summed E-state index contributed by atoms with van der Waals surface area (Å²) in [6.07, 6.45) is 18.8. The summed E-state index contributed by atoms with van der Waals surface area (Å²) in [7, 11) is -3.32. The molecule has 4 atom stereocenters. The van der Waals surface area contributed by atoms with Crippen LogP contribution in [0.5, 0.6) is 0 Å². The lowest BCUT2D eigenvalue weighted by Crippen LogP contribution is -2.31. The zero-order valence-electron chi connectivity index (χ0n) is 21.1. The number of rotatable bonds is 18. The Kier molecular flexibility index (Phi) is 14.1. The van der Waals surface area contributed by atoms with Crippen LogP contribution in [0.25, 0.3) is 0 Å². The normalized spacial score (nSPS) is 24.7. The van der Waals surface area contributed by atoms with Crippen molar-refractivity contribution in [3.05, 3.63) is 0 Å². The van der Waals surface area contributed by atoms with Gasteiger partial charge in [-0.15, -0.1) is 0 Å². The van der Waals surface area contributed by atoms with Crippen molar-refractivity contribution in [1.82, 2.24) is 0 Å². The van der Waals surface area contributed by atoms with E-state index >= 15 is 0 Å². The van der Waals surface area contributed by atoms with Crippen molar-refractivity contribution in [2.45, 2.75) is 128 Å². The van der Waals surface area contributed by atoms with Crippen LogP contribution in [-0.2, 0) is 28.6 Å². The molecule has 2 aliphatic rings. The molecule has 0 spiro atoms. The number of Topliss-reactive ketones (excluding diaryl/α,β-unsaturated/α-hetero) is 1. The Balaban J connectivity index is 1.69. The minimum Gasteiger partial charge on any atom is -0.353 e. The Morgan fingerprint density at radius 2 is 1.76 bits per heavy atom. The van der Waals surface area contributed by atoms with Crippen LogP contribution in [0, 0.1) is 11.8 Å². The van der Waals surface area contributed by atoms with Gasteiger partial charge in [-0.1, -0.05) is 58.3 Å².